The van der Waals surface area contributed by atoms with Gasteiger partial charge in [-0.3, -0.25) is 0 Å². The predicted octanol–water partition coefficient (Wildman–Crippen LogP) is -2.62. The molecule has 0 radical (unpaired) electrons. The fourth-order valence-electron chi connectivity index (χ4n) is 3.25. The van der Waals surface area contributed by atoms with Crippen LogP contribution in [0.2, 0.25) is 0 Å². The van der Waals surface area contributed by atoms with Crippen LogP contribution in [0.1, 0.15) is 14.8 Å². The Hall–Kier alpha value is -0.920. The first-order valence-electron chi connectivity index (χ1n) is 8.05. The summed E-state index contributed by atoms with van der Waals surface area (Å²) in [5, 5.41) is 3.23. The molecule has 3 aromatic carbocycles. The Morgan fingerprint density at radius 3 is 1.76 bits per heavy atom. The van der Waals surface area contributed by atoms with E-state index in [1.165, 1.54) is 5.56 Å². The molecule has 0 heterocycles. The average molecular weight is 461 g/mol. The summed E-state index contributed by atoms with van der Waals surface area (Å²) in [7, 11) is 0. The van der Waals surface area contributed by atoms with E-state index in [0.29, 0.717) is 0 Å². The van der Waals surface area contributed by atoms with Crippen molar-refractivity contribution < 1.29 is 47.2 Å². The largest absolute Gasteiger partial charge is 1.00 e. The van der Waals surface area contributed by atoms with Crippen molar-refractivity contribution in [2.45, 2.75) is 3.63 Å². The van der Waals surface area contributed by atoms with E-state index in [1.807, 2.05) is 0 Å². The summed E-state index contributed by atoms with van der Waals surface area (Å²) in [4.78, 5) is 0. The van der Waals surface area contributed by atoms with Crippen molar-refractivity contribution in [2.24, 2.45) is 0 Å². The summed E-state index contributed by atoms with van der Waals surface area (Å²) < 4.78 is 0.729. The third kappa shape index (κ3) is 4.63. The molecule has 0 bridgehead atoms. The second-order valence-corrected chi connectivity index (χ2v) is 16.7. The van der Waals surface area contributed by atoms with Crippen LogP contribution in [0.15, 0.2) is 91.0 Å². The SMILES string of the molecule is C1=C[CH]([Zr+2][SiH](c2ccccc2)c2ccccc2)c2ccccc21.[Cl-].[Cl-]. The molecule has 0 aromatic heterocycles. The zero-order valence-corrected chi connectivity index (χ0v) is 18.8. The quantitative estimate of drug-likeness (QED) is 0.374. The fraction of sp³-hybridized carbons (Fsp3) is 0.0476. The molecule has 0 saturated carbocycles. The summed E-state index contributed by atoms with van der Waals surface area (Å²) in [6, 6.07) is 31.5. The van der Waals surface area contributed by atoms with Crippen LogP contribution in [-0.2, 0) is 22.4 Å². The van der Waals surface area contributed by atoms with Crippen LogP contribution >= 0.6 is 0 Å². The van der Waals surface area contributed by atoms with Gasteiger partial charge >= 0.3 is 151 Å². The molecule has 0 amide bonds. The van der Waals surface area contributed by atoms with Gasteiger partial charge in [-0.1, -0.05) is 0 Å². The molecule has 0 spiro atoms. The normalized spacial score (nSPS) is 14.2. The van der Waals surface area contributed by atoms with Gasteiger partial charge in [-0.15, -0.1) is 0 Å². The number of benzene rings is 3. The second-order valence-electron chi connectivity index (χ2n) is 5.89. The van der Waals surface area contributed by atoms with Crippen LogP contribution < -0.4 is 35.2 Å². The number of halogens is 2. The van der Waals surface area contributed by atoms with Crippen LogP contribution in [0, 0.1) is 0 Å². The van der Waals surface area contributed by atoms with Crippen molar-refractivity contribution in [2.75, 3.05) is 0 Å². The van der Waals surface area contributed by atoms with Crippen LogP contribution in [0.4, 0.5) is 0 Å². The molecule has 3 aromatic rings. The maximum Gasteiger partial charge on any atom is -1.00 e. The molecule has 124 valence electrons. The minimum absolute atomic E-state index is 0. The van der Waals surface area contributed by atoms with Gasteiger partial charge in [0.05, 0.1) is 0 Å². The zero-order chi connectivity index (χ0) is 15.5. The third-order valence-corrected chi connectivity index (χ3v) is 18.5. The van der Waals surface area contributed by atoms with E-state index in [9.17, 15) is 0 Å². The summed E-state index contributed by atoms with van der Waals surface area (Å²) >= 11 is -0.588. The van der Waals surface area contributed by atoms with Crippen LogP contribution in [0.5, 0.6) is 0 Å². The van der Waals surface area contributed by atoms with E-state index in [4.69, 9.17) is 0 Å². The average Bonchev–Trinajstić information content (AvgIpc) is 3.04. The predicted molar refractivity (Wildman–Crippen MR) is 97.5 cm³/mol. The standard InChI is InChI=1S/C12H11Si.C9H7.2ClH.Zr/c1-3-7-11(8-4-1)13-12-9-5-2-6-10-12;1-2-5-9-7-3-6-8(9)4-1;;;/h1-10,13H;1-7H;2*1H;/q;;;;+2/p-2. The first-order valence-corrected chi connectivity index (χ1v) is 15.5. The number of hydrogen-bond donors (Lipinski definition) is 0. The minimum Gasteiger partial charge on any atom is -1.00 e. The Morgan fingerprint density at radius 1 is 0.640 bits per heavy atom. The Kier molecular flexibility index (Phi) is 7.90. The van der Waals surface area contributed by atoms with Gasteiger partial charge in [0.15, 0.2) is 0 Å². The molecule has 0 aliphatic heterocycles. The van der Waals surface area contributed by atoms with E-state index in [2.05, 4.69) is 97.1 Å². The fourth-order valence-corrected chi connectivity index (χ4v) is 17.2. The smallest absolute Gasteiger partial charge is 1.00 e. The van der Waals surface area contributed by atoms with Gasteiger partial charge in [0.2, 0.25) is 0 Å². The van der Waals surface area contributed by atoms with Gasteiger partial charge < -0.3 is 24.8 Å². The van der Waals surface area contributed by atoms with Crippen molar-refractivity contribution in [3.05, 3.63) is 102 Å². The van der Waals surface area contributed by atoms with E-state index >= 15 is 0 Å². The third-order valence-electron chi connectivity index (χ3n) is 4.41. The van der Waals surface area contributed by atoms with E-state index < -0.39 is 28.3 Å². The van der Waals surface area contributed by atoms with Crippen molar-refractivity contribution in [3.8, 4) is 0 Å². The van der Waals surface area contributed by atoms with Crippen LogP contribution in [0.25, 0.3) is 6.08 Å². The number of allylic oxidation sites excluding steroid dienone is 1. The molecule has 1 aliphatic carbocycles. The Bertz CT molecular complexity index is 782. The van der Waals surface area contributed by atoms with Gasteiger partial charge in [-0.2, -0.15) is 0 Å². The summed E-state index contributed by atoms with van der Waals surface area (Å²) in [5.41, 5.74) is 3.01. The van der Waals surface area contributed by atoms with E-state index in [1.54, 1.807) is 15.9 Å². The first-order chi connectivity index (χ1) is 11.4. The topological polar surface area (TPSA) is 0 Å². The zero-order valence-electron chi connectivity index (χ0n) is 13.6. The molecule has 1 aliphatic rings. The number of hydrogen-bond acceptors (Lipinski definition) is 0. The van der Waals surface area contributed by atoms with Crippen molar-refractivity contribution in [3.63, 3.8) is 0 Å². The number of fused-ring (bicyclic) bond motifs is 1. The van der Waals surface area contributed by atoms with Crippen molar-refractivity contribution >= 4 is 22.4 Å². The summed E-state index contributed by atoms with van der Waals surface area (Å²) in [6.07, 6.45) is 4.81. The Balaban J connectivity index is 0.00000113. The second kappa shape index (κ2) is 9.69. The van der Waals surface area contributed by atoms with Gasteiger partial charge in [-0.05, 0) is 0 Å². The summed E-state index contributed by atoms with van der Waals surface area (Å²) in [6.45, 7) is 0. The van der Waals surface area contributed by atoms with Gasteiger partial charge in [-0.25, -0.2) is 0 Å². The Labute approximate surface area is 174 Å². The molecule has 4 heteroatoms. The molecule has 0 saturated heterocycles. The van der Waals surface area contributed by atoms with Gasteiger partial charge in [0, 0.05) is 0 Å². The number of rotatable bonds is 4. The van der Waals surface area contributed by atoms with E-state index in [-0.39, 0.29) is 24.8 Å². The molecular formula is C21H18Cl2SiZr. The molecular weight excluding hydrogens is 442 g/mol. The molecule has 0 nitrogen and oxygen atoms in total. The maximum absolute atomic E-state index is 2.47. The Morgan fingerprint density at radius 2 is 1.16 bits per heavy atom. The molecule has 1 unspecified atom stereocenters. The molecule has 0 fully saturated rings. The monoisotopic (exact) mass is 458 g/mol. The van der Waals surface area contributed by atoms with Crippen LogP contribution in [0.3, 0.4) is 0 Å². The van der Waals surface area contributed by atoms with Crippen LogP contribution in [-0.4, -0.2) is 5.92 Å². The van der Waals surface area contributed by atoms with Gasteiger partial charge in [0.1, 0.15) is 0 Å². The first kappa shape index (κ1) is 20.4. The van der Waals surface area contributed by atoms with Crippen molar-refractivity contribution in [1.82, 2.24) is 0 Å². The van der Waals surface area contributed by atoms with E-state index in [0.717, 1.165) is 3.63 Å². The minimum atomic E-state index is -1.04. The molecule has 4 rings (SSSR count). The molecule has 0 N–H and O–H groups in total. The summed E-state index contributed by atoms with van der Waals surface area (Å²) in [5.74, 6) is -1.04. The van der Waals surface area contributed by atoms with Gasteiger partial charge in [0.25, 0.3) is 0 Å². The molecule has 25 heavy (non-hydrogen) atoms. The van der Waals surface area contributed by atoms with Crippen molar-refractivity contribution in [1.29, 1.82) is 0 Å². The molecule has 1 atom stereocenters. The maximum atomic E-state index is 2.47.